The van der Waals surface area contributed by atoms with Gasteiger partial charge in [-0.1, -0.05) is 0 Å². The highest BCUT2D eigenvalue weighted by Gasteiger charge is 2.07. The molecule has 17 heavy (non-hydrogen) atoms. The second-order valence-corrected chi connectivity index (χ2v) is 3.71. The van der Waals surface area contributed by atoms with Crippen LogP contribution in [0.3, 0.4) is 0 Å². The lowest BCUT2D eigenvalue weighted by atomic mass is 10.2. The van der Waals surface area contributed by atoms with Gasteiger partial charge in [0.25, 0.3) is 0 Å². The molecule has 6 nitrogen and oxygen atoms in total. The first-order valence-electron chi connectivity index (χ1n) is 5.09. The number of nitrogen functional groups attached to an aromatic ring is 1. The Bertz CT molecular complexity index is 561. The Hall–Kier alpha value is -2.37. The van der Waals surface area contributed by atoms with Crippen molar-refractivity contribution < 1.29 is 4.79 Å². The third kappa shape index (κ3) is 2.41. The Morgan fingerprint density at radius 2 is 2.29 bits per heavy atom. The SMILES string of the molecule is CC(=O)Nc1cc(N)c(-c2ccn(C)n2)cn1. The normalized spacial score (nSPS) is 10.2. The van der Waals surface area contributed by atoms with Crippen molar-refractivity contribution in [3.05, 3.63) is 24.5 Å². The Balaban J connectivity index is 2.34. The standard InChI is InChI=1S/C11H13N5O/c1-7(17)14-11-5-9(12)8(6-13-11)10-3-4-16(2)15-10/h3-6H,1-2H3,(H3,12,13,14,17). The molecule has 0 aliphatic carbocycles. The van der Waals surface area contributed by atoms with Crippen LogP contribution in [0.4, 0.5) is 11.5 Å². The quantitative estimate of drug-likeness (QED) is 0.808. The molecule has 0 bridgehead atoms. The first-order valence-corrected chi connectivity index (χ1v) is 5.09. The third-order valence-corrected chi connectivity index (χ3v) is 2.23. The van der Waals surface area contributed by atoms with Crippen molar-refractivity contribution >= 4 is 17.4 Å². The minimum atomic E-state index is -0.178. The van der Waals surface area contributed by atoms with E-state index in [1.165, 1.54) is 6.92 Å². The highest BCUT2D eigenvalue weighted by atomic mass is 16.1. The molecule has 0 saturated heterocycles. The van der Waals surface area contributed by atoms with Gasteiger partial charge in [0.2, 0.25) is 5.91 Å². The van der Waals surface area contributed by atoms with Gasteiger partial charge in [0.1, 0.15) is 5.82 Å². The van der Waals surface area contributed by atoms with E-state index in [1.807, 2.05) is 19.3 Å². The summed E-state index contributed by atoms with van der Waals surface area (Å²) in [6.07, 6.45) is 3.43. The van der Waals surface area contributed by atoms with Crippen molar-refractivity contribution in [3.8, 4) is 11.3 Å². The number of aryl methyl sites for hydroxylation is 1. The number of anilines is 2. The lowest BCUT2D eigenvalue weighted by Crippen LogP contribution is -2.08. The van der Waals surface area contributed by atoms with Gasteiger partial charge in [0.05, 0.1) is 5.69 Å². The number of carbonyl (C=O) groups is 1. The van der Waals surface area contributed by atoms with Crippen molar-refractivity contribution in [1.29, 1.82) is 0 Å². The van der Waals surface area contributed by atoms with Crippen LogP contribution in [0, 0.1) is 0 Å². The van der Waals surface area contributed by atoms with Gasteiger partial charge in [0, 0.05) is 43.7 Å². The monoisotopic (exact) mass is 231 g/mol. The highest BCUT2D eigenvalue weighted by Crippen LogP contribution is 2.24. The summed E-state index contributed by atoms with van der Waals surface area (Å²) in [5.74, 6) is 0.261. The van der Waals surface area contributed by atoms with E-state index >= 15 is 0 Å². The summed E-state index contributed by atoms with van der Waals surface area (Å²) in [7, 11) is 1.83. The van der Waals surface area contributed by atoms with Gasteiger partial charge in [-0.15, -0.1) is 0 Å². The highest BCUT2D eigenvalue weighted by molar-refractivity contribution is 5.89. The molecule has 2 rings (SSSR count). The maximum atomic E-state index is 10.9. The summed E-state index contributed by atoms with van der Waals surface area (Å²) >= 11 is 0. The number of hydrogen-bond acceptors (Lipinski definition) is 4. The number of nitrogens with zero attached hydrogens (tertiary/aromatic N) is 3. The minimum Gasteiger partial charge on any atom is -0.398 e. The van der Waals surface area contributed by atoms with Crippen molar-refractivity contribution in [1.82, 2.24) is 14.8 Å². The smallest absolute Gasteiger partial charge is 0.222 e. The maximum absolute atomic E-state index is 10.9. The third-order valence-electron chi connectivity index (χ3n) is 2.23. The number of aromatic nitrogens is 3. The summed E-state index contributed by atoms with van der Waals surface area (Å²) in [6, 6.07) is 3.47. The van der Waals surface area contributed by atoms with Gasteiger partial charge in [-0.25, -0.2) is 4.98 Å². The zero-order valence-electron chi connectivity index (χ0n) is 9.64. The molecule has 0 atom stereocenters. The summed E-state index contributed by atoms with van der Waals surface area (Å²) < 4.78 is 1.69. The van der Waals surface area contributed by atoms with Crippen LogP contribution in [-0.2, 0) is 11.8 Å². The number of pyridine rings is 1. The molecule has 3 N–H and O–H groups in total. The number of nitrogens with two attached hydrogens (primary N) is 1. The average Bonchev–Trinajstić information content (AvgIpc) is 2.64. The predicted octanol–water partition coefficient (Wildman–Crippen LogP) is 1.02. The van der Waals surface area contributed by atoms with Crippen molar-refractivity contribution in [3.63, 3.8) is 0 Å². The van der Waals surface area contributed by atoms with E-state index in [9.17, 15) is 4.79 Å². The molecule has 0 radical (unpaired) electrons. The predicted molar refractivity (Wildman–Crippen MR) is 65.2 cm³/mol. The second kappa shape index (κ2) is 4.25. The van der Waals surface area contributed by atoms with Gasteiger partial charge >= 0.3 is 0 Å². The number of nitrogens with one attached hydrogen (secondary N) is 1. The fourth-order valence-corrected chi connectivity index (χ4v) is 1.49. The minimum absolute atomic E-state index is 0.178. The lowest BCUT2D eigenvalue weighted by Gasteiger charge is -2.05. The molecular weight excluding hydrogens is 218 g/mol. The van der Waals surface area contributed by atoms with Crippen molar-refractivity contribution in [2.45, 2.75) is 6.92 Å². The molecular formula is C11H13N5O. The van der Waals surface area contributed by atoms with E-state index in [4.69, 9.17) is 5.73 Å². The average molecular weight is 231 g/mol. The molecule has 6 heteroatoms. The second-order valence-electron chi connectivity index (χ2n) is 3.71. The van der Waals surface area contributed by atoms with E-state index in [0.29, 0.717) is 11.5 Å². The molecule has 0 aromatic carbocycles. The Morgan fingerprint density at radius 3 is 2.82 bits per heavy atom. The molecule has 0 spiro atoms. The van der Waals surface area contributed by atoms with Crippen LogP contribution in [0.25, 0.3) is 11.3 Å². The number of carbonyl (C=O) groups excluding carboxylic acids is 1. The fraction of sp³-hybridized carbons (Fsp3) is 0.182. The Morgan fingerprint density at radius 1 is 1.53 bits per heavy atom. The van der Waals surface area contributed by atoms with E-state index in [0.717, 1.165) is 11.3 Å². The molecule has 2 aromatic rings. The molecule has 2 aromatic heterocycles. The van der Waals surface area contributed by atoms with Gasteiger partial charge in [-0.05, 0) is 6.07 Å². The topological polar surface area (TPSA) is 85.8 Å². The molecule has 0 aliphatic rings. The molecule has 0 fully saturated rings. The zero-order valence-corrected chi connectivity index (χ0v) is 9.64. The number of rotatable bonds is 2. The van der Waals surface area contributed by atoms with Gasteiger partial charge < -0.3 is 11.1 Å². The summed E-state index contributed by atoms with van der Waals surface area (Å²) in [6.45, 7) is 1.42. The molecule has 88 valence electrons. The largest absolute Gasteiger partial charge is 0.398 e. The van der Waals surface area contributed by atoms with Gasteiger partial charge in [0.15, 0.2) is 0 Å². The molecule has 1 amide bonds. The molecule has 0 saturated carbocycles. The zero-order chi connectivity index (χ0) is 12.4. The first-order chi connectivity index (χ1) is 8.06. The number of hydrogen-bond donors (Lipinski definition) is 2. The van der Waals surface area contributed by atoms with Crippen LogP contribution in [0.1, 0.15) is 6.92 Å². The van der Waals surface area contributed by atoms with Gasteiger partial charge in [-0.2, -0.15) is 5.10 Å². The van der Waals surface area contributed by atoms with Crippen LogP contribution in [-0.4, -0.2) is 20.7 Å². The maximum Gasteiger partial charge on any atom is 0.222 e. The molecule has 0 unspecified atom stereocenters. The van der Waals surface area contributed by atoms with E-state index in [2.05, 4.69) is 15.4 Å². The van der Waals surface area contributed by atoms with Crippen LogP contribution in [0.2, 0.25) is 0 Å². The van der Waals surface area contributed by atoms with Crippen molar-refractivity contribution in [2.24, 2.45) is 7.05 Å². The van der Waals surface area contributed by atoms with Gasteiger partial charge in [-0.3, -0.25) is 9.48 Å². The fourth-order valence-electron chi connectivity index (χ4n) is 1.49. The van der Waals surface area contributed by atoms with E-state index in [-0.39, 0.29) is 5.91 Å². The molecule has 0 aliphatic heterocycles. The number of amides is 1. The van der Waals surface area contributed by atoms with E-state index in [1.54, 1.807) is 16.9 Å². The Kier molecular flexibility index (Phi) is 2.78. The van der Waals surface area contributed by atoms with Crippen LogP contribution in [0.5, 0.6) is 0 Å². The Labute approximate surface area is 98.5 Å². The van der Waals surface area contributed by atoms with Crippen LogP contribution >= 0.6 is 0 Å². The van der Waals surface area contributed by atoms with Crippen LogP contribution in [0.15, 0.2) is 24.5 Å². The van der Waals surface area contributed by atoms with Crippen LogP contribution < -0.4 is 11.1 Å². The molecule has 2 heterocycles. The lowest BCUT2D eigenvalue weighted by molar-refractivity contribution is -0.114. The summed E-state index contributed by atoms with van der Waals surface area (Å²) in [5.41, 5.74) is 7.93. The van der Waals surface area contributed by atoms with Crippen molar-refractivity contribution in [2.75, 3.05) is 11.1 Å². The summed E-state index contributed by atoms with van der Waals surface area (Å²) in [4.78, 5) is 15.0. The summed E-state index contributed by atoms with van der Waals surface area (Å²) in [5, 5.41) is 6.82. The van der Waals surface area contributed by atoms with E-state index < -0.39 is 0 Å². The first kappa shape index (κ1) is 11.1.